The van der Waals surface area contributed by atoms with Crippen molar-refractivity contribution in [2.24, 2.45) is 0 Å². The largest absolute Gasteiger partial charge is 0.475 e. The highest BCUT2D eigenvalue weighted by Crippen LogP contribution is 2.22. The third-order valence-corrected chi connectivity index (χ3v) is 4.37. The molecule has 2 atom stereocenters. The maximum atomic E-state index is 6.11. The van der Waals surface area contributed by atoms with Gasteiger partial charge in [0.1, 0.15) is 11.5 Å². The van der Waals surface area contributed by atoms with Gasteiger partial charge in [-0.05, 0) is 51.5 Å². The van der Waals surface area contributed by atoms with Crippen LogP contribution in [0.25, 0.3) is 0 Å². The zero-order chi connectivity index (χ0) is 16.7. The fraction of sp³-hybridized carbons (Fsp3) is 0.667. The summed E-state index contributed by atoms with van der Waals surface area (Å²) in [5.74, 6) is 1.73. The second-order valence-corrected chi connectivity index (χ2v) is 5.95. The van der Waals surface area contributed by atoms with Gasteiger partial charge in [-0.2, -0.15) is 0 Å². The van der Waals surface area contributed by atoms with Gasteiger partial charge in [0, 0.05) is 12.8 Å². The zero-order valence-corrected chi connectivity index (χ0v) is 14.8. The van der Waals surface area contributed by atoms with Crippen LogP contribution in [0.15, 0.2) is 24.3 Å². The van der Waals surface area contributed by atoms with E-state index >= 15 is 0 Å². The lowest BCUT2D eigenvalue weighted by molar-refractivity contribution is -0.00684. The lowest BCUT2D eigenvalue weighted by Crippen LogP contribution is -2.38. The van der Waals surface area contributed by atoms with E-state index in [1.54, 1.807) is 0 Å². The summed E-state index contributed by atoms with van der Waals surface area (Å²) in [5.41, 5.74) is 0. The van der Waals surface area contributed by atoms with Crippen molar-refractivity contribution >= 4 is 0 Å². The highest BCUT2D eigenvalue weighted by molar-refractivity contribution is 5.31. The first-order chi connectivity index (χ1) is 11.1. The first kappa shape index (κ1) is 18.0. The summed E-state index contributed by atoms with van der Waals surface area (Å²) in [5, 5.41) is 0. The number of ether oxygens (including phenoxy) is 3. The predicted octanol–water partition coefficient (Wildman–Crippen LogP) is 2.81. The molecule has 1 aromatic carbocycles. The van der Waals surface area contributed by atoms with Gasteiger partial charge in [0.2, 0.25) is 0 Å². The van der Waals surface area contributed by atoms with Gasteiger partial charge in [-0.15, -0.1) is 0 Å². The molecule has 0 saturated carbocycles. The third kappa shape index (κ3) is 5.37. The van der Waals surface area contributed by atoms with Gasteiger partial charge in [-0.25, -0.2) is 0 Å². The van der Waals surface area contributed by atoms with Crippen LogP contribution >= 0.6 is 0 Å². The fourth-order valence-corrected chi connectivity index (χ4v) is 2.53. The van der Waals surface area contributed by atoms with Crippen molar-refractivity contribution < 1.29 is 14.2 Å². The Kier molecular flexibility index (Phi) is 7.15. The maximum absolute atomic E-state index is 6.11. The molecular weight excluding hydrogens is 292 g/mol. The molecule has 0 N–H and O–H groups in total. The average molecular weight is 322 g/mol. The van der Waals surface area contributed by atoms with Gasteiger partial charge in [0.15, 0.2) is 12.5 Å². The standard InChI is InChI=1S/C18H30N2O3/c1-5-19(3)17-11-13-21-14-12-18(20(4)6-2)23-16-9-7-15(22-17)8-10-16/h7-10,17-18H,5-6,11-14H2,1-4H3. The molecule has 2 heterocycles. The highest BCUT2D eigenvalue weighted by Gasteiger charge is 2.18. The summed E-state index contributed by atoms with van der Waals surface area (Å²) in [4.78, 5) is 4.39. The smallest absolute Gasteiger partial charge is 0.154 e. The van der Waals surface area contributed by atoms with E-state index in [1.165, 1.54) is 0 Å². The van der Waals surface area contributed by atoms with Crippen molar-refractivity contribution in [3.8, 4) is 11.5 Å². The first-order valence-corrected chi connectivity index (χ1v) is 8.55. The van der Waals surface area contributed by atoms with E-state index in [9.17, 15) is 0 Å². The van der Waals surface area contributed by atoms with Crippen LogP contribution in [0.3, 0.4) is 0 Å². The van der Waals surface area contributed by atoms with E-state index in [1.807, 2.05) is 24.3 Å². The van der Waals surface area contributed by atoms with Gasteiger partial charge in [-0.1, -0.05) is 13.8 Å². The lowest BCUT2D eigenvalue weighted by Gasteiger charge is -2.27. The molecule has 0 aromatic heterocycles. The number of hydrogen-bond acceptors (Lipinski definition) is 5. The Morgan fingerprint density at radius 3 is 1.57 bits per heavy atom. The molecule has 0 aliphatic carbocycles. The minimum atomic E-state index is 0.0293. The maximum Gasteiger partial charge on any atom is 0.154 e. The molecule has 2 aliphatic rings. The minimum Gasteiger partial charge on any atom is -0.475 e. The summed E-state index contributed by atoms with van der Waals surface area (Å²) >= 11 is 0. The van der Waals surface area contributed by atoms with Gasteiger partial charge < -0.3 is 14.2 Å². The number of benzene rings is 1. The minimum absolute atomic E-state index is 0.0293. The van der Waals surface area contributed by atoms with E-state index < -0.39 is 0 Å². The Labute approximate surface area is 140 Å². The van der Waals surface area contributed by atoms with Crippen molar-refractivity contribution in [2.45, 2.75) is 39.1 Å². The summed E-state index contributed by atoms with van der Waals surface area (Å²) in [6, 6.07) is 7.92. The van der Waals surface area contributed by atoms with Crippen molar-refractivity contribution in [2.75, 3.05) is 40.4 Å². The van der Waals surface area contributed by atoms with Gasteiger partial charge in [0.25, 0.3) is 0 Å². The molecule has 5 nitrogen and oxygen atoms in total. The summed E-state index contributed by atoms with van der Waals surface area (Å²) in [7, 11) is 4.15. The Balaban J connectivity index is 2.12. The van der Waals surface area contributed by atoms with Crippen LogP contribution in [-0.4, -0.2) is 62.7 Å². The molecule has 0 radical (unpaired) electrons. The first-order valence-electron chi connectivity index (χ1n) is 8.55. The molecule has 0 saturated heterocycles. The third-order valence-electron chi connectivity index (χ3n) is 4.37. The molecule has 0 fully saturated rings. The monoisotopic (exact) mass is 322 g/mol. The van der Waals surface area contributed by atoms with Gasteiger partial charge in [-0.3, -0.25) is 9.80 Å². The lowest BCUT2D eigenvalue weighted by atomic mass is 10.3. The predicted molar refractivity (Wildman–Crippen MR) is 91.9 cm³/mol. The van der Waals surface area contributed by atoms with E-state index in [0.29, 0.717) is 13.2 Å². The second kappa shape index (κ2) is 9.11. The number of fused-ring (bicyclic) bond motifs is 10. The van der Waals surface area contributed by atoms with Crippen LogP contribution in [0.1, 0.15) is 26.7 Å². The Hall–Kier alpha value is -1.30. The van der Waals surface area contributed by atoms with Crippen molar-refractivity contribution in [1.82, 2.24) is 9.80 Å². The Bertz CT molecular complexity index is 411. The van der Waals surface area contributed by atoms with E-state index in [4.69, 9.17) is 14.2 Å². The van der Waals surface area contributed by atoms with Crippen molar-refractivity contribution in [3.63, 3.8) is 0 Å². The van der Waals surface area contributed by atoms with Crippen LogP contribution in [0.5, 0.6) is 11.5 Å². The topological polar surface area (TPSA) is 34.2 Å². The molecule has 5 heteroatoms. The number of nitrogens with zero attached hydrogens (tertiary/aromatic N) is 2. The molecule has 2 unspecified atom stereocenters. The van der Waals surface area contributed by atoms with Crippen LogP contribution in [0, 0.1) is 0 Å². The quantitative estimate of drug-likeness (QED) is 0.851. The number of hydrogen-bond donors (Lipinski definition) is 0. The van der Waals surface area contributed by atoms with E-state index in [2.05, 4.69) is 37.7 Å². The van der Waals surface area contributed by atoms with Crippen molar-refractivity contribution in [3.05, 3.63) is 24.3 Å². The Morgan fingerprint density at radius 2 is 1.22 bits per heavy atom. The second-order valence-electron chi connectivity index (χ2n) is 5.95. The molecule has 1 aromatic rings. The van der Waals surface area contributed by atoms with Crippen LogP contribution in [0.4, 0.5) is 0 Å². The molecule has 0 amide bonds. The molecule has 23 heavy (non-hydrogen) atoms. The zero-order valence-electron chi connectivity index (χ0n) is 14.8. The van der Waals surface area contributed by atoms with Gasteiger partial charge in [0.05, 0.1) is 13.2 Å². The van der Waals surface area contributed by atoms with Crippen LogP contribution in [-0.2, 0) is 4.74 Å². The van der Waals surface area contributed by atoms with Crippen molar-refractivity contribution in [1.29, 1.82) is 0 Å². The molecule has 0 spiro atoms. The summed E-state index contributed by atoms with van der Waals surface area (Å²) < 4.78 is 18.0. The fourth-order valence-electron chi connectivity index (χ4n) is 2.53. The van der Waals surface area contributed by atoms with Gasteiger partial charge >= 0.3 is 0 Å². The summed E-state index contributed by atoms with van der Waals surface area (Å²) in [6.45, 7) is 7.52. The van der Waals surface area contributed by atoms with E-state index in [-0.39, 0.29) is 12.5 Å². The molecule has 3 rings (SSSR count). The molecule has 2 aliphatic heterocycles. The number of rotatable bonds is 4. The molecular formula is C18H30N2O3. The Morgan fingerprint density at radius 1 is 0.826 bits per heavy atom. The van der Waals surface area contributed by atoms with E-state index in [0.717, 1.165) is 37.4 Å². The highest BCUT2D eigenvalue weighted by atomic mass is 16.5. The van der Waals surface area contributed by atoms with Crippen LogP contribution < -0.4 is 9.47 Å². The SMILES string of the molecule is CCN(C)C1CCOCCC(N(C)CC)Oc2ccc(cc2)O1. The summed E-state index contributed by atoms with van der Waals surface area (Å²) in [6.07, 6.45) is 1.76. The molecule has 2 bridgehead atoms. The van der Waals surface area contributed by atoms with Crippen LogP contribution in [0.2, 0.25) is 0 Å². The average Bonchev–Trinajstić information content (AvgIpc) is 2.61. The normalized spacial score (nSPS) is 22.9. The molecule has 130 valence electrons.